The molecule has 0 aliphatic carbocycles. The monoisotopic (exact) mass is 266 g/mol. The van der Waals surface area contributed by atoms with Crippen LogP contribution >= 0.6 is 11.8 Å². The predicted octanol–water partition coefficient (Wildman–Crippen LogP) is 1.95. The van der Waals surface area contributed by atoms with Gasteiger partial charge < -0.3 is 10.6 Å². The van der Waals surface area contributed by atoms with E-state index < -0.39 is 0 Å². The Kier molecular flexibility index (Phi) is 4.24. The maximum atomic E-state index is 4.47. The fraction of sp³-hybridized carbons (Fsp3) is 0.545. The minimum absolute atomic E-state index is 0.532. The third-order valence-electron chi connectivity index (χ3n) is 2.60. The van der Waals surface area contributed by atoms with Crippen molar-refractivity contribution in [3.8, 4) is 0 Å². The average molecular weight is 266 g/mol. The number of hydrogen-bond acceptors (Lipinski definition) is 6. The van der Waals surface area contributed by atoms with Gasteiger partial charge in [0.2, 0.25) is 5.95 Å². The first kappa shape index (κ1) is 12.9. The van der Waals surface area contributed by atoms with Crippen LogP contribution in [-0.2, 0) is 0 Å². The first-order valence-corrected chi connectivity index (χ1v) is 7.25. The summed E-state index contributed by atoms with van der Waals surface area (Å²) in [6, 6.07) is 0. The van der Waals surface area contributed by atoms with Crippen LogP contribution in [0.4, 0.5) is 11.8 Å². The number of rotatable bonds is 6. The van der Waals surface area contributed by atoms with Crippen molar-refractivity contribution in [3.05, 3.63) is 6.20 Å². The molecule has 0 aliphatic heterocycles. The second-order valence-corrected chi connectivity index (χ2v) is 5.26. The summed E-state index contributed by atoms with van der Waals surface area (Å²) in [6.45, 7) is 5.85. The largest absolute Gasteiger partial charge is 0.368 e. The van der Waals surface area contributed by atoms with Crippen LogP contribution in [0.25, 0.3) is 11.0 Å². The van der Waals surface area contributed by atoms with Crippen LogP contribution in [0.1, 0.15) is 13.8 Å². The smallest absolute Gasteiger partial charge is 0.226 e. The van der Waals surface area contributed by atoms with E-state index in [2.05, 4.69) is 44.0 Å². The van der Waals surface area contributed by atoms with E-state index in [1.807, 2.05) is 18.7 Å². The molecule has 2 aromatic heterocycles. The van der Waals surface area contributed by atoms with Crippen LogP contribution in [0, 0.1) is 0 Å². The Morgan fingerprint density at radius 1 is 1.39 bits per heavy atom. The molecule has 0 bridgehead atoms. The van der Waals surface area contributed by atoms with Gasteiger partial charge in [0.05, 0.1) is 11.6 Å². The maximum absolute atomic E-state index is 4.47. The van der Waals surface area contributed by atoms with Crippen LogP contribution in [0.15, 0.2) is 6.20 Å². The van der Waals surface area contributed by atoms with E-state index >= 15 is 0 Å². The molecule has 98 valence electrons. The first-order valence-electron chi connectivity index (χ1n) is 5.96. The lowest BCUT2D eigenvalue weighted by Crippen LogP contribution is -2.14. The summed E-state index contributed by atoms with van der Waals surface area (Å²) in [7, 11) is 0. The SMILES string of the molecule is CCNc1nc(NCC(C)SC)c2cn[nH]c2n1. The number of anilines is 2. The van der Waals surface area contributed by atoms with Crippen LogP contribution in [0.5, 0.6) is 0 Å². The standard InChI is InChI=1S/C11H18N6S/c1-4-12-11-15-9(13-5-7(2)18-3)8-6-14-17-10(8)16-11/h6-7H,4-5H2,1-3H3,(H3,12,13,14,15,16,17). The fourth-order valence-electron chi connectivity index (χ4n) is 1.53. The molecule has 0 aromatic carbocycles. The number of aromatic amines is 1. The summed E-state index contributed by atoms with van der Waals surface area (Å²) < 4.78 is 0. The minimum atomic E-state index is 0.532. The zero-order valence-electron chi connectivity index (χ0n) is 10.8. The molecule has 0 fully saturated rings. The molecule has 1 unspecified atom stereocenters. The maximum Gasteiger partial charge on any atom is 0.226 e. The molecule has 2 rings (SSSR count). The van der Waals surface area contributed by atoms with Crippen molar-refractivity contribution in [3.63, 3.8) is 0 Å². The number of nitrogens with zero attached hydrogens (tertiary/aromatic N) is 3. The minimum Gasteiger partial charge on any atom is -0.368 e. The number of fused-ring (bicyclic) bond motifs is 1. The topological polar surface area (TPSA) is 78.5 Å². The highest BCUT2D eigenvalue weighted by Gasteiger charge is 2.09. The van der Waals surface area contributed by atoms with Gasteiger partial charge in [-0.3, -0.25) is 5.10 Å². The molecule has 2 heterocycles. The highest BCUT2D eigenvalue weighted by Crippen LogP contribution is 2.20. The molecule has 18 heavy (non-hydrogen) atoms. The van der Waals surface area contributed by atoms with E-state index in [1.54, 1.807) is 6.20 Å². The summed E-state index contributed by atoms with van der Waals surface area (Å²) in [5, 5.41) is 14.8. The number of nitrogens with one attached hydrogen (secondary N) is 3. The number of H-pyrrole nitrogens is 1. The Morgan fingerprint density at radius 2 is 2.22 bits per heavy atom. The van der Waals surface area contributed by atoms with Gasteiger partial charge >= 0.3 is 0 Å². The van der Waals surface area contributed by atoms with Gasteiger partial charge in [-0.1, -0.05) is 6.92 Å². The lowest BCUT2D eigenvalue weighted by atomic mass is 10.3. The highest BCUT2D eigenvalue weighted by molar-refractivity contribution is 7.99. The fourth-order valence-corrected chi connectivity index (χ4v) is 1.78. The van der Waals surface area contributed by atoms with Crippen LogP contribution in [-0.4, -0.2) is 44.8 Å². The van der Waals surface area contributed by atoms with Crippen LogP contribution in [0.2, 0.25) is 0 Å². The zero-order chi connectivity index (χ0) is 13.0. The Bertz CT molecular complexity index is 511. The number of thioether (sulfide) groups is 1. The van der Waals surface area contributed by atoms with Gasteiger partial charge in [0, 0.05) is 18.3 Å². The van der Waals surface area contributed by atoms with Crippen molar-refractivity contribution < 1.29 is 0 Å². The van der Waals surface area contributed by atoms with Gasteiger partial charge in [0.15, 0.2) is 5.65 Å². The summed E-state index contributed by atoms with van der Waals surface area (Å²) in [4.78, 5) is 8.81. The Balaban J connectivity index is 2.25. The van der Waals surface area contributed by atoms with E-state index in [0.29, 0.717) is 11.2 Å². The van der Waals surface area contributed by atoms with Crippen LogP contribution in [0.3, 0.4) is 0 Å². The van der Waals surface area contributed by atoms with Crippen molar-refractivity contribution in [2.45, 2.75) is 19.1 Å². The second-order valence-electron chi connectivity index (χ2n) is 3.99. The molecule has 0 aliphatic rings. The van der Waals surface area contributed by atoms with Crippen LogP contribution < -0.4 is 10.6 Å². The van der Waals surface area contributed by atoms with E-state index in [9.17, 15) is 0 Å². The molecule has 6 nitrogen and oxygen atoms in total. The van der Waals surface area contributed by atoms with Gasteiger partial charge in [0.1, 0.15) is 5.82 Å². The molecule has 0 amide bonds. The molecule has 7 heteroatoms. The van der Waals surface area contributed by atoms with Crippen molar-refractivity contribution in [1.82, 2.24) is 20.2 Å². The Hall–Kier alpha value is -1.50. The van der Waals surface area contributed by atoms with E-state index in [1.165, 1.54) is 0 Å². The second kappa shape index (κ2) is 5.90. The normalized spacial score (nSPS) is 12.6. The predicted molar refractivity (Wildman–Crippen MR) is 77.3 cm³/mol. The lowest BCUT2D eigenvalue weighted by Gasteiger charge is -2.12. The van der Waals surface area contributed by atoms with E-state index in [4.69, 9.17) is 0 Å². The Labute approximate surface area is 110 Å². The molecule has 0 saturated heterocycles. The number of hydrogen-bond donors (Lipinski definition) is 3. The Morgan fingerprint density at radius 3 is 2.94 bits per heavy atom. The molecule has 0 spiro atoms. The molecular weight excluding hydrogens is 248 g/mol. The average Bonchev–Trinajstić information content (AvgIpc) is 2.84. The number of aromatic nitrogens is 4. The summed E-state index contributed by atoms with van der Waals surface area (Å²) in [5.41, 5.74) is 0.750. The quantitative estimate of drug-likeness (QED) is 0.741. The molecular formula is C11H18N6S. The zero-order valence-corrected chi connectivity index (χ0v) is 11.6. The molecule has 0 radical (unpaired) electrons. The van der Waals surface area contributed by atoms with E-state index in [-0.39, 0.29) is 0 Å². The molecule has 2 aromatic rings. The van der Waals surface area contributed by atoms with Gasteiger partial charge in [0.25, 0.3) is 0 Å². The van der Waals surface area contributed by atoms with Gasteiger partial charge in [-0.05, 0) is 13.2 Å². The molecule has 0 saturated carbocycles. The third-order valence-corrected chi connectivity index (χ3v) is 3.58. The van der Waals surface area contributed by atoms with Gasteiger partial charge in [-0.15, -0.1) is 0 Å². The van der Waals surface area contributed by atoms with Gasteiger partial charge in [-0.25, -0.2) is 0 Å². The molecule has 3 N–H and O–H groups in total. The highest BCUT2D eigenvalue weighted by atomic mass is 32.2. The summed E-state index contributed by atoms with van der Waals surface area (Å²) in [6.07, 6.45) is 3.85. The van der Waals surface area contributed by atoms with Crippen molar-refractivity contribution in [2.75, 3.05) is 30.0 Å². The van der Waals surface area contributed by atoms with Gasteiger partial charge in [-0.2, -0.15) is 26.8 Å². The van der Waals surface area contributed by atoms with Crippen molar-refractivity contribution >= 4 is 34.6 Å². The van der Waals surface area contributed by atoms with Crippen molar-refractivity contribution in [1.29, 1.82) is 0 Å². The summed E-state index contributed by atoms with van der Waals surface area (Å²) >= 11 is 1.82. The first-order chi connectivity index (χ1) is 8.74. The summed E-state index contributed by atoms with van der Waals surface area (Å²) in [5.74, 6) is 1.44. The van der Waals surface area contributed by atoms with Crippen molar-refractivity contribution in [2.24, 2.45) is 0 Å². The molecule has 1 atom stereocenters. The lowest BCUT2D eigenvalue weighted by molar-refractivity contribution is 0.989. The third kappa shape index (κ3) is 2.84. The van der Waals surface area contributed by atoms with E-state index in [0.717, 1.165) is 29.9 Å².